The molecule has 10 heteroatoms. The molecule has 1 aromatic carbocycles. The standard InChI is InChI=1S/C22H28N4O5S/c1-22(2,17-5-6-19-20(14-17)31-13-12-30-19)16-24-21(27)25-8-10-26(11-9-25)32(28,29)18-4-3-7-23-15-18/h3-7,14-15H,8-13,16H2,1-2H3,(H,24,27). The molecule has 32 heavy (non-hydrogen) atoms. The zero-order valence-electron chi connectivity index (χ0n) is 18.3. The Bertz CT molecular complexity index is 1070. The SMILES string of the molecule is CC(C)(CNC(=O)N1CCN(S(=O)(=O)c2cccnc2)CC1)c1ccc2c(c1)OCCO2. The zero-order chi connectivity index (χ0) is 22.8. The van der Waals surface area contributed by atoms with Gasteiger partial charge in [0, 0.05) is 50.5 Å². The average Bonchev–Trinajstić information content (AvgIpc) is 2.83. The van der Waals surface area contributed by atoms with Crippen molar-refractivity contribution in [3.8, 4) is 11.5 Å². The maximum Gasteiger partial charge on any atom is 0.317 e. The van der Waals surface area contributed by atoms with Gasteiger partial charge in [-0.2, -0.15) is 4.31 Å². The van der Waals surface area contributed by atoms with Crippen LogP contribution in [-0.4, -0.2) is 74.6 Å². The zero-order valence-corrected chi connectivity index (χ0v) is 19.1. The van der Waals surface area contributed by atoms with Crippen LogP contribution in [0.3, 0.4) is 0 Å². The van der Waals surface area contributed by atoms with Gasteiger partial charge in [-0.25, -0.2) is 13.2 Å². The normalized spacial score (nSPS) is 17.1. The Morgan fingerprint density at radius 2 is 1.81 bits per heavy atom. The highest BCUT2D eigenvalue weighted by Crippen LogP contribution is 2.35. The quantitative estimate of drug-likeness (QED) is 0.731. The van der Waals surface area contributed by atoms with Crippen molar-refractivity contribution in [1.82, 2.24) is 19.5 Å². The minimum absolute atomic E-state index is 0.166. The van der Waals surface area contributed by atoms with Gasteiger partial charge >= 0.3 is 6.03 Å². The lowest BCUT2D eigenvalue weighted by Gasteiger charge is -2.35. The number of rotatable bonds is 5. The number of hydrogen-bond donors (Lipinski definition) is 1. The van der Waals surface area contributed by atoms with Gasteiger partial charge in [0.2, 0.25) is 10.0 Å². The summed E-state index contributed by atoms with van der Waals surface area (Å²) in [5, 5.41) is 2.99. The second-order valence-corrected chi connectivity index (χ2v) is 10.4. The van der Waals surface area contributed by atoms with E-state index in [1.807, 2.05) is 18.2 Å². The smallest absolute Gasteiger partial charge is 0.317 e. The average molecular weight is 461 g/mol. The minimum atomic E-state index is -3.60. The molecule has 1 saturated heterocycles. The summed E-state index contributed by atoms with van der Waals surface area (Å²) in [6.07, 6.45) is 2.88. The van der Waals surface area contributed by atoms with Crippen LogP contribution in [0.5, 0.6) is 11.5 Å². The fourth-order valence-electron chi connectivity index (χ4n) is 3.76. The molecule has 2 aliphatic heterocycles. The summed E-state index contributed by atoms with van der Waals surface area (Å²) in [6, 6.07) is 8.77. The predicted octanol–water partition coefficient (Wildman–Crippen LogP) is 1.85. The van der Waals surface area contributed by atoms with Crippen molar-refractivity contribution < 1.29 is 22.7 Å². The third-order valence-electron chi connectivity index (χ3n) is 5.80. The van der Waals surface area contributed by atoms with Crippen LogP contribution >= 0.6 is 0 Å². The molecule has 0 atom stereocenters. The van der Waals surface area contributed by atoms with E-state index in [2.05, 4.69) is 24.1 Å². The predicted molar refractivity (Wildman–Crippen MR) is 118 cm³/mol. The van der Waals surface area contributed by atoms with E-state index < -0.39 is 10.0 Å². The Morgan fingerprint density at radius 3 is 2.50 bits per heavy atom. The number of fused-ring (bicyclic) bond motifs is 1. The van der Waals surface area contributed by atoms with Crippen LogP contribution in [0.1, 0.15) is 19.4 Å². The second kappa shape index (κ2) is 8.95. The monoisotopic (exact) mass is 460 g/mol. The number of sulfonamides is 1. The van der Waals surface area contributed by atoms with Gasteiger partial charge in [0.05, 0.1) is 0 Å². The van der Waals surface area contributed by atoms with Gasteiger partial charge in [0.1, 0.15) is 18.1 Å². The summed E-state index contributed by atoms with van der Waals surface area (Å²) in [4.78, 5) is 18.4. The first-order valence-corrected chi connectivity index (χ1v) is 12.0. The first kappa shape index (κ1) is 22.3. The number of amides is 2. The molecule has 2 aromatic rings. The molecule has 1 aromatic heterocycles. The first-order chi connectivity index (χ1) is 15.3. The van der Waals surface area contributed by atoms with Crippen LogP contribution < -0.4 is 14.8 Å². The number of aromatic nitrogens is 1. The highest BCUT2D eigenvalue weighted by molar-refractivity contribution is 7.89. The van der Waals surface area contributed by atoms with Gasteiger partial charge in [0.15, 0.2) is 11.5 Å². The van der Waals surface area contributed by atoms with Crippen LogP contribution in [-0.2, 0) is 15.4 Å². The molecule has 0 aliphatic carbocycles. The fourth-order valence-corrected chi connectivity index (χ4v) is 5.14. The summed E-state index contributed by atoms with van der Waals surface area (Å²) in [7, 11) is -3.60. The summed E-state index contributed by atoms with van der Waals surface area (Å²) in [6.45, 7) is 6.75. The van der Waals surface area contributed by atoms with E-state index in [0.29, 0.717) is 32.8 Å². The third-order valence-corrected chi connectivity index (χ3v) is 7.69. The third kappa shape index (κ3) is 4.66. The van der Waals surface area contributed by atoms with Gasteiger partial charge in [-0.1, -0.05) is 19.9 Å². The molecule has 1 N–H and O–H groups in total. The fraction of sp³-hybridized carbons (Fsp3) is 0.455. The molecule has 3 heterocycles. The number of pyridine rings is 1. The highest BCUT2D eigenvalue weighted by atomic mass is 32.2. The van der Waals surface area contributed by atoms with E-state index in [1.54, 1.807) is 11.0 Å². The van der Waals surface area contributed by atoms with Crippen molar-refractivity contribution in [1.29, 1.82) is 0 Å². The lowest BCUT2D eigenvalue weighted by molar-refractivity contribution is 0.169. The second-order valence-electron chi connectivity index (χ2n) is 8.48. The van der Waals surface area contributed by atoms with Crippen LogP contribution in [0.4, 0.5) is 4.79 Å². The summed E-state index contributed by atoms with van der Waals surface area (Å²) < 4.78 is 38.1. The number of benzene rings is 1. The molecule has 9 nitrogen and oxygen atoms in total. The summed E-state index contributed by atoms with van der Waals surface area (Å²) in [5.41, 5.74) is 0.714. The maximum atomic E-state index is 12.7. The molecule has 4 rings (SSSR count). The molecule has 172 valence electrons. The topological polar surface area (TPSA) is 101 Å². The number of piperazine rings is 1. The number of nitrogens with one attached hydrogen (secondary N) is 1. The lowest BCUT2D eigenvalue weighted by atomic mass is 9.84. The highest BCUT2D eigenvalue weighted by Gasteiger charge is 2.31. The van der Waals surface area contributed by atoms with Gasteiger partial charge in [0.25, 0.3) is 0 Å². The number of urea groups is 1. The minimum Gasteiger partial charge on any atom is -0.486 e. The molecular weight excluding hydrogens is 432 g/mol. The molecule has 0 saturated carbocycles. The van der Waals surface area contributed by atoms with Gasteiger partial charge < -0.3 is 19.7 Å². The first-order valence-electron chi connectivity index (χ1n) is 10.6. The molecule has 0 radical (unpaired) electrons. The number of carbonyl (C=O) groups excluding carboxylic acids is 1. The van der Waals surface area contributed by atoms with Gasteiger partial charge in [-0.15, -0.1) is 0 Å². The Balaban J connectivity index is 1.32. The Morgan fingerprint density at radius 1 is 1.09 bits per heavy atom. The number of carbonyl (C=O) groups is 1. The molecule has 0 spiro atoms. The molecule has 0 bridgehead atoms. The molecule has 1 fully saturated rings. The molecule has 0 unspecified atom stereocenters. The van der Waals surface area contributed by atoms with Gasteiger partial charge in [-0.3, -0.25) is 4.98 Å². The van der Waals surface area contributed by atoms with E-state index in [4.69, 9.17) is 9.47 Å². The Kier molecular flexibility index (Phi) is 6.25. The Hall–Kier alpha value is -2.85. The Labute approximate surface area is 188 Å². The van der Waals surface area contributed by atoms with Crippen LogP contribution in [0.2, 0.25) is 0 Å². The molecule has 2 amide bonds. The summed E-state index contributed by atoms with van der Waals surface area (Å²) >= 11 is 0. The molecule has 2 aliphatic rings. The van der Waals surface area contributed by atoms with Crippen LogP contribution in [0.25, 0.3) is 0 Å². The van der Waals surface area contributed by atoms with Crippen molar-refractivity contribution in [2.75, 3.05) is 45.9 Å². The van der Waals surface area contributed by atoms with Crippen LogP contribution in [0, 0.1) is 0 Å². The molecular formula is C22H28N4O5S. The van der Waals surface area contributed by atoms with E-state index in [1.165, 1.54) is 22.8 Å². The van der Waals surface area contributed by atoms with Crippen LogP contribution in [0.15, 0.2) is 47.6 Å². The van der Waals surface area contributed by atoms with Crippen molar-refractivity contribution in [3.63, 3.8) is 0 Å². The van der Waals surface area contributed by atoms with E-state index in [-0.39, 0.29) is 29.4 Å². The van der Waals surface area contributed by atoms with E-state index in [9.17, 15) is 13.2 Å². The summed E-state index contributed by atoms with van der Waals surface area (Å²) in [5.74, 6) is 1.46. The van der Waals surface area contributed by atoms with Crippen molar-refractivity contribution >= 4 is 16.1 Å². The van der Waals surface area contributed by atoms with E-state index in [0.717, 1.165) is 17.1 Å². The maximum absolute atomic E-state index is 12.7. The van der Waals surface area contributed by atoms with E-state index >= 15 is 0 Å². The van der Waals surface area contributed by atoms with Crippen molar-refractivity contribution in [2.45, 2.75) is 24.2 Å². The van der Waals surface area contributed by atoms with Crippen molar-refractivity contribution in [3.05, 3.63) is 48.3 Å². The number of nitrogens with zero attached hydrogens (tertiary/aromatic N) is 3. The largest absolute Gasteiger partial charge is 0.486 e. The lowest BCUT2D eigenvalue weighted by Crippen LogP contribution is -2.54. The van der Waals surface area contributed by atoms with Gasteiger partial charge in [-0.05, 0) is 29.8 Å². The van der Waals surface area contributed by atoms with Crippen molar-refractivity contribution in [2.24, 2.45) is 0 Å². The number of ether oxygens (including phenoxy) is 2. The number of hydrogen-bond acceptors (Lipinski definition) is 6.